The zero-order chi connectivity index (χ0) is 59.9. The molecule has 0 saturated heterocycles. The maximum atomic E-state index is 13.0. The molecule has 6 heteroatoms. The molecule has 6 nitrogen and oxygen atoms in total. The molecule has 0 amide bonds. The molecule has 0 aliphatic carbocycles. The second-order valence-electron chi connectivity index (χ2n) is 25.2. The van der Waals surface area contributed by atoms with Gasteiger partial charge in [0.1, 0.15) is 13.2 Å². The maximum absolute atomic E-state index is 13.0. The lowest BCUT2D eigenvalue weighted by atomic mass is 10.0. The Morgan fingerprint density at radius 1 is 0.241 bits per heavy atom. The highest BCUT2D eigenvalue weighted by atomic mass is 16.6. The highest BCUT2D eigenvalue weighted by Gasteiger charge is 2.19. The maximum Gasteiger partial charge on any atom is 0.306 e. The molecule has 0 N–H and O–H groups in total. The smallest absolute Gasteiger partial charge is 0.306 e. The number of carbonyl (C=O) groups is 3. The molecule has 0 aromatic rings. The minimum Gasteiger partial charge on any atom is -0.462 e. The molecule has 83 heavy (non-hydrogen) atoms. The van der Waals surface area contributed by atoms with E-state index in [-0.39, 0.29) is 31.1 Å². The Hall–Kier alpha value is -2.63. The van der Waals surface area contributed by atoms with Gasteiger partial charge in [0.2, 0.25) is 0 Å². The van der Waals surface area contributed by atoms with Crippen molar-refractivity contribution in [1.82, 2.24) is 0 Å². The molecule has 0 aliphatic heterocycles. The third-order valence-electron chi connectivity index (χ3n) is 16.8. The van der Waals surface area contributed by atoms with Crippen LogP contribution in [0.3, 0.4) is 0 Å². The SMILES string of the molecule is CCCCCCC/C=C\C/C=C\CCCCCCCCCCCCCCCCCCCC(=O)OCC(COC(=O)CCCCCCC/C=C\CCCCCCCC)OC(=O)CCCCCCCCCCC/C=C\CCCCCCCCCC. The van der Waals surface area contributed by atoms with Crippen LogP contribution in [-0.4, -0.2) is 37.2 Å². The largest absolute Gasteiger partial charge is 0.462 e. The molecule has 486 valence electrons. The van der Waals surface area contributed by atoms with E-state index in [1.807, 2.05) is 0 Å². The number of esters is 3. The molecule has 0 heterocycles. The lowest BCUT2D eigenvalue weighted by Crippen LogP contribution is -2.30. The minimum atomic E-state index is -0.778. The lowest BCUT2D eigenvalue weighted by Gasteiger charge is -2.18. The molecule has 0 aromatic carbocycles. The first-order valence-electron chi connectivity index (χ1n) is 37.1. The van der Waals surface area contributed by atoms with Gasteiger partial charge in [-0.1, -0.05) is 333 Å². The van der Waals surface area contributed by atoms with Gasteiger partial charge >= 0.3 is 17.9 Å². The van der Waals surface area contributed by atoms with Gasteiger partial charge in [0.25, 0.3) is 0 Å². The quantitative estimate of drug-likeness (QED) is 0.0261. The number of carbonyl (C=O) groups excluding carboxylic acids is 3. The molecule has 0 rings (SSSR count). The van der Waals surface area contributed by atoms with Crippen LogP contribution in [0.1, 0.15) is 406 Å². The molecule has 0 aliphatic rings. The van der Waals surface area contributed by atoms with Crippen molar-refractivity contribution < 1.29 is 28.6 Å². The van der Waals surface area contributed by atoms with E-state index in [0.717, 1.165) is 70.6 Å². The van der Waals surface area contributed by atoms with E-state index in [4.69, 9.17) is 14.2 Å². The number of unbranched alkanes of at least 4 members (excludes halogenated alkanes) is 50. The van der Waals surface area contributed by atoms with Crippen molar-refractivity contribution in [2.75, 3.05) is 13.2 Å². The molecule has 0 bridgehead atoms. The standard InChI is InChI=1S/C77H142O6/c1-4-7-10-13-16-19-22-25-28-30-32-34-35-36-37-38-39-40-41-43-44-46-49-52-55-58-61-64-67-70-76(79)82-73-74(72-81-75(78)69-66-63-60-57-54-51-48-27-24-21-18-15-12-9-6-3)83-77(80)71-68-65-62-59-56-53-50-47-45-42-33-31-29-26-23-20-17-14-11-8-5-2/h22,25,27,30-33,48,74H,4-21,23-24,26,28-29,34-47,49-73H2,1-3H3/b25-22-,32-30-,33-31-,48-27-. The van der Waals surface area contributed by atoms with Crippen LogP contribution >= 0.6 is 0 Å². The molecule has 1 atom stereocenters. The minimum absolute atomic E-state index is 0.0723. The molecule has 0 radical (unpaired) electrons. The molecule has 0 fully saturated rings. The van der Waals surface area contributed by atoms with Gasteiger partial charge in [-0.2, -0.15) is 0 Å². The van der Waals surface area contributed by atoms with Crippen molar-refractivity contribution in [1.29, 1.82) is 0 Å². The van der Waals surface area contributed by atoms with E-state index in [9.17, 15) is 14.4 Å². The van der Waals surface area contributed by atoms with E-state index in [2.05, 4.69) is 69.4 Å². The monoisotopic (exact) mass is 1160 g/mol. The Kier molecular flexibility index (Phi) is 69.6. The third kappa shape index (κ3) is 70.0. The highest BCUT2D eigenvalue weighted by Crippen LogP contribution is 2.18. The Morgan fingerprint density at radius 3 is 0.675 bits per heavy atom. The molecule has 0 spiro atoms. The van der Waals surface area contributed by atoms with Crippen LogP contribution in [0.4, 0.5) is 0 Å². The van der Waals surface area contributed by atoms with Crippen LogP contribution < -0.4 is 0 Å². The predicted molar refractivity (Wildman–Crippen MR) is 362 cm³/mol. The topological polar surface area (TPSA) is 78.9 Å². The number of hydrogen-bond acceptors (Lipinski definition) is 6. The van der Waals surface area contributed by atoms with Crippen LogP contribution in [0.5, 0.6) is 0 Å². The number of allylic oxidation sites excluding steroid dienone is 8. The molecular weight excluding hydrogens is 1020 g/mol. The van der Waals surface area contributed by atoms with Crippen molar-refractivity contribution >= 4 is 17.9 Å². The fourth-order valence-electron chi connectivity index (χ4n) is 11.2. The summed E-state index contributed by atoms with van der Waals surface area (Å²) in [6.45, 7) is 6.69. The van der Waals surface area contributed by atoms with E-state index in [0.29, 0.717) is 19.3 Å². The van der Waals surface area contributed by atoms with Gasteiger partial charge in [-0.3, -0.25) is 14.4 Å². The van der Waals surface area contributed by atoms with Crippen molar-refractivity contribution in [3.05, 3.63) is 48.6 Å². The molecule has 0 saturated carbocycles. The zero-order valence-electron chi connectivity index (χ0n) is 56.0. The molecule has 0 aromatic heterocycles. The highest BCUT2D eigenvalue weighted by molar-refractivity contribution is 5.71. The van der Waals surface area contributed by atoms with E-state index in [1.165, 1.54) is 295 Å². The van der Waals surface area contributed by atoms with Crippen LogP contribution in [0.25, 0.3) is 0 Å². The summed E-state index contributed by atoms with van der Waals surface area (Å²) in [5.41, 5.74) is 0. The van der Waals surface area contributed by atoms with Crippen LogP contribution in [0.15, 0.2) is 48.6 Å². The zero-order valence-corrected chi connectivity index (χ0v) is 56.0. The van der Waals surface area contributed by atoms with Crippen molar-refractivity contribution in [2.24, 2.45) is 0 Å². The fraction of sp³-hybridized carbons (Fsp3) is 0.857. The van der Waals surface area contributed by atoms with Crippen LogP contribution in [0, 0.1) is 0 Å². The summed E-state index contributed by atoms with van der Waals surface area (Å²) in [5, 5.41) is 0. The Morgan fingerprint density at radius 2 is 0.434 bits per heavy atom. The first kappa shape index (κ1) is 80.4. The molecular formula is C77H142O6. The third-order valence-corrected chi connectivity index (χ3v) is 16.8. The first-order valence-corrected chi connectivity index (χ1v) is 37.1. The summed E-state index contributed by atoms with van der Waals surface area (Å²) >= 11 is 0. The van der Waals surface area contributed by atoms with Gasteiger partial charge in [-0.25, -0.2) is 0 Å². The number of hydrogen-bond donors (Lipinski definition) is 0. The van der Waals surface area contributed by atoms with Crippen molar-refractivity contribution in [3.8, 4) is 0 Å². The predicted octanol–water partition coefficient (Wildman–Crippen LogP) is 25.7. The van der Waals surface area contributed by atoms with Crippen molar-refractivity contribution in [3.63, 3.8) is 0 Å². The first-order chi connectivity index (χ1) is 41.0. The average Bonchev–Trinajstić information content (AvgIpc) is 3.49. The van der Waals surface area contributed by atoms with E-state index >= 15 is 0 Å². The van der Waals surface area contributed by atoms with Gasteiger partial charge in [-0.15, -0.1) is 0 Å². The Labute approximate surface area is 518 Å². The lowest BCUT2D eigenvalue weighted by molar-refractivity contribution is -0.167. The van der Waals surface area contributed by atoms with Crippen molar-refractivity contribution in [2.45, 2.75) is 412 Å². The average molecular weight is 1160 g/mol. The molecule has 1 unspecified atom stereocenters. The van der Waals surface area contributed by atoms with Gasteiger partial charge in [0.05, 0.1) is 0 Å². The van der Waals surface area contributed by atoms with E-state index in [1.54, 1.807) is 0 Å². The summed E-state index contributed by atoms with van der Waals surface area (Å²) in [5.74, 6) is -0.855. The van der Waals surface area contributed by atoms with Crippen LogP contribution in [0.2, 0.25) is 0 Å². The summed E-state index contributed by atoms with van der Waals surface area (Å²) < 4.78 is 17.0. The summed E-state index contributed by atoms with van der Waals surface area (Å²) in [4.78, 5) is 38.5. The summed E-state index contributed by atoms with van der Waals surface area (Å²) in [6, 6.07) is 0. The number of ether oxygens (including phenoxy) is 3. The second kappa shape index (κ2) is 71.8. The van der Waals surface area contributed by atoms with E-state index < -0.39 is 6.10 Å². The van der Waals surface area contributed by atoms with Crippen LogP contribution in [-0.2, 0) is 28.6 Å². The Bertz CT molecular complexity index is 1430. The number of rotatable bonds is 69. The second-order valence-corrected chi connectivity index (χ2v) is 25.2. The van der Waals surface area contributed by atoms with Gasteiger partial charge in [-0.05, 0) is 103 Å². The van der Waals surface area contributed by atoms with Gasteiger partial charge in [0.15, 0.2) is 6.10 Å². The normalized spacial score (nSPS) is 12.3. The summed E-state index contributed by atoms with van der Waals surface area (Å²) in [7, 11) is 0. The fourth-order valence-corrected chi connectivity index (χ4v) is 11.2. The van der Waals surface area contributed by atoms with Gasteiger partial charge < -0.3 is 14.2 Å². The Balaban J connectivity index is 4.24. The van der Waals surface area contributed by atoms with Gasteiger partial charge in [0, 0.05) is 19.3 Å². The summed E-state index contributed by atoms with van der Waals surface area (Å²) in [6.07, 6.45) is 91.5.